The minimum Gasteiger partial charge on any atom is -0.399 e. The van der Waals surface area contributed by atoms with Crippen molar-refractivity contribution < 1.29 is 0 Å². The van der Waals surface area contributed by atoms with Gasteiger partial charge < -0.3 is 10.6 Å². The van der Waals surface area contributed by atoms with Gasteiger partial charge in [-0.05, 0) is 31.5 Å². The Morgan fingerprint density at radius 2 is 1.90 bits per heavy atom. The lowest BCUT2D eigenvalue weighted by Crippen LogP contribution is -2.31. The molecule has 0 aliphatic carbocycles. The topological polar surface area (TPSA) is 78.8 Å². The first-order chi connectivity index (χ1) is 9.60. The molecule has 0 saturated heterocycles. The predicted octanol–water partition coefficient (Wildman–Crippen LogP) is 2.35. The van der Waals surface area contributed by atoms with Crippen LogP contribution in [0.1, 0.15) is 25.1 Å². The van der Waals surface area contributed by atoms with Gasteiger partial charge in [0.1, 0.15) is 11.9 Å². The van der Waals surface area contributed by atoms with Crippen LogP contribution in [0.25, 0.3) is 0 Å². The summed E-state index contributed by atoms with van der Waals surface area (Å²) >= 11 is 0. The highest BCUT2D eigenvalue weighted by atomic mass is 15.2. The van der Waals surface area contributed by atoms with Crippen molar-refractivity contribution in [2.24, 2.45) is 0 Å². The summed E-state index contributed by atoms with van der Waals surface area (Å²) in [5.74, 6) is 0.760. The average molecular weight is 267 g/mol. The molecule has 0 unspecified atom stereocenters. The summed E-state index contributed by atoms with van der Waals surface area (Å²) in [7, 11) is 0. The summed E-state index contributed by atoms with van der Waals surface area (Å²) in [5.41, 5.74) is 7.92. The molecule has 5 nitrogen and oxygen atoms in total. The summed E-state index contributed by atoms with van der Waals surface area (Å²) in [5, 5.41) is 8.76. The zero-order chi connectivity index (χ0) is 14.5. The van der Waals surface area contributed by atoms with Gasteiger partial charge in [0.25, 0.3) is 0 Å². The average Bonchev–Trinajstić information content (AvgIpc) is 2.46. The largest absolute Gasteiger partial charge is 0.399 e. The van der Waals surface area contributed by atoms with Crippen LogP contribution in [0.2, 0.25) is 0 Å². The van der Waals surface area contributed by atoms with Crippen molar-refractivity contribution in [3.63, 3.8) is 0 Å². The normalized spacial score (nSPS) is 10.3. The molecule has 2 N–H and O–H groups in total. The number of nitriles is 1. The van der Waals surface area contributed by atoms with Crippen molar-refractivity contribution in [1.29, 1.82) is 5.26 Å². The monoisotopic (exact) mass is 267 g/mol. The van der Waals surface area contributed by atoms with Gasteiger partial charge in [0.2, 0.25) is 0 Å². The van der Waals surface area contributed by atoms with Gasteiger partial charge in [-0.15, -0.1) is 0 Å². The molecule has 20 heavy (non-hydrogen) atoms. The standard InChI is InChI=1S/C15H17N5/c1-11(2)20(10-12-3-5-13(17)6-4-12)15-9-18-14(7-16)8-19-15/h3-6,8-9,11H,10,17H2,1-2H3. The van der Waals surface area contributed by atoms with E-state index >= 15 is 0 Å². The Morgan fingerprint density at radius 3 is 2.40 bits per heavy atom. The van der Waals surface area contributed by atoms with Gasteiger partial charge in [-0.2, -0.15) is 5.26 Å². The van der Waals surface area contributed by atoms with E-state index in [-0.39, 0.29) is 6.04 Å². The maximum absolute atomic E-state index is 8.76. The molecule has 2 aromatic rings. The van der Waals surface area contributed by atoms with Crippen molar-refractivity contribution >= 4 is 11.5 Å². The Hall–Kier alpha value is -2.61. The highest BCUT2D eigenvalue weighted by molar-refractivity contribution is 5.43. The van der Waals surface area contributed by atoms with E-state index in [0.717, 1.165) is 23.6 Å². The van der Waals surface area contributed by atoms with Crippen molar-refractivity contribution in [1.82, 2.24) is 9.97 Å². The highest BCUT2D eigenvalue weighted by Gasteiger charge is 2.13. The van der Waals surface area contributed by atoms with E-state index < -0.39 is 0 Å². The molecule has 0 spiro atoms. The van der Waals surface area contributed by atoms with Crippen molar-refractivity contribution in [2.75, 3.05) is 10.6 Å². The summed E-state index contributed by atoms with van der Waals surface area (Å²) in [6, 6.07) is 10.0. The highest BCUT2D eigenvalue weighted by Crippen LogP contribution is 2.17. The minimum absolute atomic E-state index is 0.273. The Kier molecular flexibility index (Phi) is 4.16. The fourth-order valence-corrected chi connectivity index (χ4v) is 1.88. The molecule has 1 aromatic heterocycles. The number of rotatable bonds is 4. The Bertz CT molecular complexity index is 596. The van der Waals surface area contributed by atoms with E-state index in [1.54, 1.807) is 6.20 Å². The number of anilines is 2. The van der Waals surface area contributed by atoms with Crippen LogP contribution in [-0.2, 0) is 6.54 Å². The predicted molar refractivity (Wildman–Crippen MR) is 78.9 cm³/mol. The molecule has 2 rings (SSSR count). The van der Waals surface area contributed by atoms with Crippen LogP contribution in [0.5, 0.6) is 0 Å². The minimum atomic E-state index is 0.273. The summed E-state index contributed by atoms with van der Waals surface area (Å²) in [6.45, 7) is 4.91. The van der Waals surface area contributed by atoms with Gasteiger partial charge in [-0.1, -0.05) is 12.1 Å². The van der Waals surface area contributed by atoms with E-state index in [9.17, 15) is 0 Å². The van der Waals surface area contributed by atoms with E-state index in [1.165, 1.54) is 6.20 Å². The maximum Gasteiger partial charge on any atom is 0.158 e. The van der Waals surface area contributed by atoms with Gasteiger partial charge in [0.15, 0.2) is 5.69 Å². The summed E-state index contributed by atoms with van der Waals surface area (Å²) in [6.07, 6.45) is 3.13. The van der Waals surface area contributed by atoms with Gasteiger partial charge in [0, 0.05) is 18.3 Å². The molecule has 0 radical (unpaired) electrons. The summed E-state index contributed by atoms with van der Waals surface area (Å²) in [4.78, 5) is 10.5. The molecule has 0 fully saturated rings. The molecular weight excluding hydrogens is 250 g/mol. The molecule has 102 valence electrons. The summed E-state index contributed by atoms with van der Waals surface area (Å²) < 4.78 is 0. The van der Waals surface area contributed by atoms with Gasteiger partial charge in [-0.25, -0.2) is 9.97 Å². The molecule has 5 heteroatoms. The lowest BCUT2D eigenvalue weighted by atomic mass is 10.1. The van der Waals surface area contributed by atoms with E-state index in [4.69, 9.17) is 11.0 Å². The first-order valence-corrected chi connectivity index (χ1v) is 6.43. The Labute approximate surface area is 118 Å². The Morgan fingerprint density at radius 1 is 1.20 bits per heavy atom. The third kappa shape index (κ3) is 3.23. The zero-order valence-corrected chi connectivity index (χ0v) is 11.6. The molecule has 1 aromatic carbocycles. The van der Waals surface area contributed by atoms with Crippen LogP contribution >= 0.6 is 0 Å². The molecule has 0 bridgehead atoms. The maximum atomic E-state index is 8.76. The number of nitrogens with zero attached hydrogens (tertiary/aromatic N) is 4. The first-order valence-electron chi connectivity index (χ1n) is 6.43. The van der Waals surface area contributed by atoms with Crippen molar-refractivity contribution in [2.45, 2.75) is 26.4 Å². The molecule has 0 aliphatic rings. The van der Waals surface area contributed by atoms with Gasteiger partial charge in [-0.3, -0.25) is 0 Å². The van der Waals surface area contributed by atoms with Crippen molar-refractivity contribution in [3.8, 4) is 6.07 Å². The fraction of sp³-hybridized carbons (Fsp3) is 0.267. The molecule has 0 amide bonds. The van der Waals surface area contributed by atoms with Gasteiger partial charge >= 0.3 is 0 Å². The van der Waals surface area contributed by atoms with Crippen LogP contribution < -0.4 is 10.6 Å². The van der Waals surface area contributed by atoms with Crippen LogP contribution in [-0.4, -0.2) is 16.0 Å². The lowest BCUT2D eigenvalue weighted by molar-refractivity contribution is 0.670. The number of hydrogen-bond acceptors (Lipinski definition) is 5. The van der Waals surface area contributed by atoms with Crippen LogP contribution in [0, 0.1) is 11.3 Å². The number of hydrogen-bond donors (Lipinski definition) is 1. The van der Waals surface area contributed by atoms with Crippen molar-refractivity contribution in [3.05, 3.63) is 47.9 Å². The lowest BCUT2D eigenvalue weighted by Gasteiger charge is -2.27. The second-order valence-corrected chi connectivity index (χ2v) is 4.83. The van der Waals surface area contributed by atoms with Crippen LogP contribution in [0.4, 0.5) is 11.5 Å². The molecular formula is C15H17N5. The molecule has 0 aliphatic heterocycles. The number of benzene rings is 1. The molecule has 0 atom stereocenters. The van der Waals surface area contributed by atoms with E-state index in [0.29, 0.717) is 5.69 Å². The van der Waals surface area contributed by atoms with Crippen LogP contribution in [0.15, 0.2) is 36.7 Å². The molecule has 1 heterocycles. The van der Waals surface area contributed by atoms with Crippen LogP contribution in [0.3, 0.4) is 0 Å². The van der Waals surface area contributed by atoms with E-state index in [1.807, 2.05) is 30.3 Å². The first kappa shape index (κ1) is 13.8. The third-order valence-electron chi connectivity index (χ3n) is 3.00. The second kappa shape index (κ2) is 6.02. The Balaban J connectivity index is 2.22. The third-order valence-corrected chi connectivity index (χ3v) is 3.00. The van der Waals surface area contributed by atoms with Gasteiger partial charge in [0.05, 0.1) is 12.4 Å². The number of nitrogen functional groups attached to an aromatic ring is 1. The second-order valence-electron chi connectivity index (χ2n) is 4.83. The molecule has 0 saturated carbocycles. The quantitative estimate of drug-likeness (QED) is 0.860. The SMILES string of the molecule is CC(C)N(Cc1ccc(N)cc1)c1cnc(C#N)cn1. The fourth-order valence-electron chi connectivity index (χ4n) is 1.88. The number of nitrogens with two attached hydrogens (primary N) is 1. The smallest absolute Gasteiger partial charge is 0.158 e. The van der Waals surface area contributed by atoms with E-state index in [2.05, 4.69) is 28.7 Å². The zero-order valence-electron chi connectivity index (χ0n) is 11.6. The number of aromatic nitrogens is 2.